The minimum atomic E-state index is -0.399. The lowest BCUT2D eigenvalue weighted by Gasteiger charge is -2.24. The highest BCUT2D eigenvalue weighted by atomic mass is 16.5. The predicted octanol–water partition coefficient (Wildman–Crippen LogP) is 2.02. The number of imidazole rings is 1. The first-order chi connectivity index (χ1) is 9.50. The average Bonchev–Trinajstić information content (AvgIpc) is 2.61. The Bertz CT molecular complexity index is 918. The molecule has 0 atom stereocenters. The van der Waals surface area contributed by atoms with E-state index in [4.69, 9.17) is 4.74 Å². The van der Waals surface area contributed by atoms with E-state index in [1.54, 1.807) is 17.8 Å². The van der Waals surface area contributed by atoms with E-state index in [-0.39, 0.29) is 5.69 Å². The molecule has 0 unspecified atom stereocenters. The summed E-state index contributed by atoms with van der Waals surface area (Å²) in [5, 5.41) is 0.924. The number of pyridine rings is 1. The molecule has 1 aromatic carbocycles. The molecule has 0 bridgehead atoms. The summed E-state index contributed by atoms with van der Waals surface area (Å²) in [4.78, 5) is 17.1. The van der Waals surface area contributed by atoms with Gasteiger partial charge in [-0.25, -0.2) is 4.79 Å². The zero-order valence-corrected chi connectivity index (χ0v) is 11.7. The van der Waals surface area contributed by atoms with Crippen molar-refractivity contribution in [1.82, 2.24) is 14.1 Å². The first kappa shape index (κ1) is 11.5. The molecular weight excluding hydrogens is 254 g/mol. The van der Waals surface area contributed by atoms with Gasteiger partial charge in [0.15, 0.2) is 0 Å². The van der Waals surface area contributed by atoms with Crippen LogP contribution in [0.1, 0.15) is 13.8 Å². The van der Waals surface area contributed by atoms with Gasteiger partial charge in [-0.1, -0.05) is 6.07 Å². The standard InChI is InChI=1S/C15H15N3O2/c1-15(2)8-20-11-6-4-5-9-12(11)13-10(7-16-9)17(3)14(19)18(13)15/h4-7H,8H2,1-3H3. The fraction of sp³-hybridized carbons (Fsp3) is 0.333. The molecular formula is C15H15N3O2. The van der Waals surface area contributed by atoms with Gasteiger partial charge < -0.3 is 4.74 Å². The summed E-state index contributed by atoms with van der Waals surface area (Å²) in [5.74, 6) is 0.797. The second-order valence-corrected chi connectivity index (χ2v) is 5.92. The largest absolute Gasteiger partial charge is 0.490 e. The number of aromatic nitrogens is 3. The van der Waals surface area contributed by atoms with Crippen LogP contribution in [-0.2, 0) is 12.6 Å². The second-order valence-electron chi connectivity index (χ2n) is 5.92. The lowest BCUT2D eigenvalue weighted by molar-refractivity contribution is 0.189. The Morgan fingerprint density at radius 2 is 2.15 bits per heavy atom. The Morgan fingerprint density at radius 3 is 2.95 bits per heavy atom. The maximum absolute atomic E-state index is 12.6. The van der Waals surface area contributed by atoms with E-state index in [0.717, 1.165) is 27.7 Å². The van der Waals surface area contributed by atoms with E-state index in [1.165, 1.54) is 0 Å². The first-order valence-corrected chi connectivity index (χ1v) is 6.63. The monoisotopic (exact) mass is 269 g/mol. The van der Waals surface area contributed by atoms with Gasteiger partial charge in [0.1, 0.15) is 12.4 Å². The topological polar surface area (TPSA) is 49.0 Å². The summed E-state index contributed by atoms with van der Waals surface area (Å²) >= 11 is 0. The van der Waals surface area contributed by atoms with E-state index in [0.29, 0.717) is 6.61 Å². The van der Waals surface area contributed by atoms with Crippen molar-refractivity contribution in [3.05, 3.63) is 34.9 Å². The Morgan fingerprint density at radius 1 is 1.35 bits per heavy atom. The van der Waals surface area contributed by atoms with Crippen molar-refractivity contribution in [2.75, 3.05) is 6.61 Å². The van der Waals surface area contributed by atoms with Gasteiger partial charge in [0.25, 0.3) is 0 Å². The Labute approximate surface area is 115 Å². The first-order valence-electron chi connectivity index (χ1n) is 6.63. The van der Waals surface area contributed by atoms with Crippen LogP contribution < -0.4 is 10.4 Å². The zero-order chi connectivity index (χ0) is 14.1. The molecule has 20 heavy (non-hydrogen) atoms. The van der Waals surface area contributed by atoms with Gasteiger partial charge >= 0.3 is 5.69 Å². The highest BCUT2D eigenvalue weighted by molar-refractivity contribution is 6.06. The maximum Gasteiger partial charge on any atom is 0.329 e. The van der Waals surface area contributed by atoms with E-state index in [1.807, 2.05) is 36.6 Å². The molecule has 0 spiro atoms. The van der Waals surface area contributed by atoms with Crippen LogP contribution in [0.2, 0.25) is 0 Å². The fourth-order valence-corrected chi connectivity index (χ4v) is 3.01. The minimum Gasteiger partial charge on any atom is -0.490 e. The number of ether oxygens (including phenoxy) is 1. The molecule has 5 nitrogen and oxygen atoms in total. The van der Waals surface area contributed by atoms with Gasteiger partial charge in [0.05, 0.1) is 33.7 Å². The Balaban J connectivity index is 2.39. The van der Waals surface area contributed by atoms with Crippen LogP contribution in [0.3, 0.4) is 0 Å². The van der Waals surface area contributed by atoms with Gasteiger partial charge in [-0.15, -0.1) is 0 Å². The van der Waals surface area contributed by atoms with Crippen molar-refractivity contribution in [3.8, 4) is 5.75 Å². The fourth-order valence-electron chi connectivity index (χ4n) is 3.01. The van der Waals surface area contributed by atoms with Gasteiger partial charge in [-0.05, 0) is 26.0 Å². The number of aryl methyl sites for hydroxylation is 1. The van der Waals surface area contributed by atoms with Crippen molar-refractivity contribution in [2.45, 2.75) is 19.4 Å². The van der Waals surface area contributed by atoms with Crippen LogP contribution in [0.4, 0.5) is 0 Å². The number of nitrogens with zero attached hydrogens (tertiary/aromatic N) is 3. The van der Waals surface area contributed by atoms with E-state index in [9.17, 15) is 4.79 Å². The molecule has 0 fully saturated rings. The van der Waals surface area contributed by atoms with Crippen molar-refractivity contribution in [1.29, 1.82) is 0 Å². The number of rotatable bonds is 0. The van der Waals surface area contributed by atoms with Crippen molar-refractivity contribution in [2.24, 2.45) is 7.05 Å². The smallest absolute Gasteiger partial charge is 0.329 e. The third-order valence-corrected chi connectivity index (χ3v) is 4.06. The minimum absolute atomic E-state index is 0.0281. The highest BCUT2D eigenvalue weighted by Gasteiger charge is 2.31. The molecule has 0 amide bonds. The Kier molecular flexibility index (Phi) is 1.97. The quantitative estimate of drug-likeness (QED) is 0.627. The summed E-state index contributed by atoms with van der Waals surface area (Å²) in [6, 6.07) is 5.81. The summed E-state index contributed by atoms with van der Waals surface area (Å²) in [6.07, 6.45) is 1.76. The van der Waals surface area contributed by atoms with Crippen LogP contribution in [0.25, 0.3) is 21.9 Å². The van der Waals surface area contributed by atoms with Gasteiger partial charge in [0.2, 0.25) is 0 Å². The maximum atomic E-state index is 12.6. The number of hydrogen-bond donors (Lipinski definition) is 0. The zero-order valence-electron chi connectivity index (χ0n) is 11.7. The van der Waals surface area contributed by atoms with Gasteiger partial charge in [-0.2, -0.15) is 0 Å². The van der Waals surface area contributed by atoms with E-state index in [2.05, 4.69) is 4.98 Å². The van der Waals surface area contributed by atoms with E-state index >= 15 is 0 Å². The lowest BCUT2D eigenvalue weighted by atomic mass is 10.1. The normalized spacial score (nSPS) is 16.6. The van der Waals surface area contributed by atoms with Crippen LogP contribution in [-0.4, -0.2) is 20.7 Å². The molecule has 0 N–H and O–H groups in total. The third kappa shape index (κ3) is 1.22. The molecule has 0 aliphatic carbocycles. The van der Waals surface area contributed by atoms with Crippen LogP contribution in [0, 0.1) is 0 Å². The Hall–Kier alpha value is -2.30. The highest BCUT2D eigenvalue weighted by Crippen LogP contribution is 2.36. The molecule has 5 heteroatoms. The predicted molar refractivity (Wildman–Crippen MR) is 77.3 cm³/mol. The van der Waals surface area contributed by atoms with Crippen LogP contribution >= 0.6 is 0 Å². The third-order valence-electron chi connectivity index (χ3n) is 4.06. The lowest BCUT2D eigenvalue weighted by Crippen LogP contribution is -2.40. The number of benzene rings is 1. The van der Waals surface area contributed by atoms with Crippen molar-refractivity contribution < 1.29 is 4.74 Å². The van der Waals surface area contributed by atoms with Crippen LogP contribution in [0.15, 0.2) is 29.2 Å². The summed E-state index contributed by atoms with van der Waals surface area (Å²) in [5.41, 5.74) is 2.19. The van der Waals surface area contributed by atoms with E-state index < -0.39 is 5.54 Å². The molecule has 0 saturated carbocycles. The average molecular weight is 269 g/mol. The summed E-state index contributed by atoms with van der Waals surface area (Å²) in [6.45, 7) is 4.50. The number of hydrogen-bond acceptors (Lipinski definition) is 3. The molecule has 0 saturated heterocycles. The molecule has 4 rings (SSSR count). The SMILES string of the molecule is Cn1c(=O)n2c3c4c(cccc4ncc31)OCC2(C)C. The molecule has 102 valence electrons. The molecule has 2 aromatic heterocycles. The van der Waals surface area contributed by atoms with Crippen molar-refractivity contribution >= 4 is 21.9 Å². The second kappa shape index (κ2) is 3.42. The van der Waals surface area contributed by atoms with Crippen LogP contribution in [0.5, 0.6) is 5.75 Å². The summed E-state index contributed by atoms with van der Waals surface area (Å²) < 4.78 is 9.42. The van der Waals surface area contributed by atoms with Gasteiger partial charge in [-0.3, -0.25) is 14.1 Å². The van der Waals surface area contributed by atoms with Gasteiger partial charge in [0, 0.05) is 7.05 Å². The molecule has 1 aliphatic heterocycles. The molecule has 3 aromatic rings. The molecule has 3 heterocycles. The summed E-state index contributed by atoms with van der Waals surface area (Å²) in [7, 11) is 1.79. The molecule has 0 radical (unpaired) electrons. The molecule has 1 aliphatic rings. The van der Waals surface area contributed by atoms with Crippen molar-refractivity contribution in [3.63, 3.8) is 0 Å².